The molecule has 0 bridgehead atoms. The second-order valence-corrected chi connectivity index (χ2v) is 7.00. The van der Waals surface area contributed by atoms with E-state index in [1.165, 1.54) is 11.3 Å². The number of amides is 1. The third kappa shape index (κ3) is 4.04. The van der Waals surface area contributed by atoms with Gasteiger partial charge in [-0.1, -0.05) is 29.0 Å². The van der Waals surface area contributed by atoms with Gasteiger partial charge in [0.15, 0.2) is 16.3 Å². The van der Waals surface area contributed by atoms with Gasteiger partial charge in [0.2, 0.25) is 0 Å². The Bertz CT molecular complexity index is 1020. The molecule has 0 aliphatic heterocycles. The number of carbonyl (C=O) groups is 1. The largest absolute Gasteiger partial charge is 0.493 e. The second kappa shape index (κ2) is 8.37. The Morgan fingerprint density at radius 1 is 1.07 bits per heavy atom. The van der Waals surface area contributed by atoms with Crippen molar-refractivity contribution in [3.63, 3.8) is 0 Å². The zero-order valence-corrected chi connectivity index (χ0v) is 16.6. The Kier molecular flexibility index (Phi) is 5.93. The molecule has 2 aromatic carbocycles. The highest BCUT2D eigenvalue weighted by atomic mass is 32.1. The number of fused-ring (bicyclic) bond motifs is 1. The molecule has 0 N–H and O–H groups in total. The first-order chi connectivity index (χ1) is 13.1. The number of methoxy groups -OCH3 is 3. The predicted octanol–water partition coefficient (Wildman–Crippen LogP) is 3.42. The average Bonchev–Trinajstić information content (AvgIpc) is 3.01. The third-order valence-corrected chi connectivity index (χ3v) is 5.24. The molecule has 0 saturated carbocycles. The number of ether oxygens (including phenoxy) is 3. The van der Waals surface area contributed by atoms with Crippen LogP contribution in [0.15, 0.2) is 41.4 Å². The van der Waals surface area contributed by atoms with Crippen molar-refractivity contribution in [1.82, 2.24) is 4.57 Å². The van der Waals surface area contributed by atoms with E-state index in [0.717, 1.165) is 15.8 Å². The van der Waals surface area contributed by atoms with Crippen molar-refractivity contribution in [3.8, 4) is 11.5 Å². The van der Waals surface area contributed by atoms with E-state index in [1.807, 2.05) is 35.8 Å². The van der Waals surface area contributed by atoms with E-state index < -0.39 is 0 Å². The van der Waals surface area contributed by atoms with Gasteiger partial charge in [-0.15, -0.1) is 0 Å². The molecule has 0 unspecified atom stereocenters. The minimum absolute atomic E-state index is 0.272. The van der Waals surface area contributed by atoms with Crippen molar-refractivity contribution in [3.05, 3.63) is 52.3 Å². The fraction of sp³-hybridized carbons (Fsp3) is 0.300. The summed E-state index contributed by atoms with van der Waals surface area (Å²) in [6.07, 6.45) is 0. The fourth-order valence-corrected chi connectivity index (χ4v) is 3.79. The van der Waals surface area contributed by atoms with Gasteiger partial charge in [-0.05, 0) is 19.1 Å². The van der Waals surface area contributed by atoms with E-state index in [1.54, 1.807) is 33.5 Å². The fourth-order valence-electron chi connectivity index (χ4n) is 2.73. The molecule has 0 aliphatic carbocycles. The number of benzene rings is 2. The smallest absolute Gasteiger partial charge is 0.279 e. The van der Waals surface area contributed by atoms with Gasteiger partial charge >= 0.3 is 0 Å². The summed E-state index contributed by atoms with van der Waals surface area (Å²) in [4.78, 5) is 17.6. The van der Waals surface area contributed by atoms with Crippen molar-refractivity contribution < 1.29 is 19.0 Å². The molecule has 3 rings (SSSR count). The minimum atomic E-state index is -0.272. The van der Waals surface area contributed by atoms with Gasteiger partial charge in [-0.2, -0.15) is 4.99 Å². The van der Waals surface area contributed by atoms with Gasteiger partial charge < -0.3 is 18.8 Å². The lowest BCUT2D eigenvalue weighted by Gasteiger charge is -2.09. The summed E-state index contributed by atoms with van der Waals surface area (Å²) in [5.41, 5.74) is 2.58. The lowest BCUT2D eigenvalue weighted by atomic mass is 10.1. The number of nitrogens with zero attached hydrogens (tertiary/aromatic N) is 2. The van der Waals surface area contributed by atoms with E-state index in [4.69, 9.17) is 14.2 Å². The topological polar surface area (TPSA) is 62.1 Å². The second-order valence-electron chi connectivity index (χ2n) is 5.99. The van der Waals surface area contributed by atoms with Crippen LogP contribution in [0.25, 0.3) is 10.2 Å². The molecular formula is C20H22N2O4S. The van der Waals surface area contributed by atoms with E-state index >= 15 is 0 Å². The molecule has 0 aliphatic rings. The van der Waals surface area contributed by atoms with Gasteiger partial charge in [-0.25, -0.2) is 0 Å². The summed E-state index contributed by atoms with van der Waals surface area (Å²) >= 11 is 1.43. The van der Waals surface area contributed by atoms with Crippen LogP contribution in [0, 0.1) is 6.92 Å². The summed E-state index contributed by atoms with van der Waals surface area (Å²) in [6, 6.07) is 11.2. The van der Waals surface area contributed by atoms with Crippen LogP contribution in [0.5, 0.6) is 11.5 Å². The summed E-state index contributed by atoms with van der Waals surface area (Å²) < 4.78 is 19.0. The maximum atomic E-state index is 12.6. The Hall–Kier alpha value is -2.64. The summed E-state index contributed by atoms with van der Waals surface area (Å²) in [7, 11) is 4.84. The van der Waals surface area contributed by atoms with Crippen LogP contribution < -0.4 is 14.3 Å². The van der Waals surface area contributed by atoms with Gasteiger partial charge in [0.05, 0.1) is 31.0 Å². The Morgan fingerprint density at radius 3 is 2.37 bits per heavy atom. The van der Waals surface area contributed by atoms with Crippen LogP contribution in [0.3, 0.4) is 0 Å². The van der Waals surface area contributed by atoms with Crippen molar-refractivity contribution in [2.24, 2.45) is 4.99 Å². The molecule has 3 aromatic rings. The van der Waals surface area contributed by atoms with Gasteiger partial charge in [-0.3, -0.25) is 4.79 Å². The van der Waals surface area contributed by atoms with Crippen molar-refractivity contribution in [2.45, 2.75) is 13.5 Å². The first-order valence-electron chi connectivity index (χ1n) is 8.47. The monoisotopic (exact) mass is 386 g/mol. The zero-order valence-electron chi connectivity index (χ0n) is 15.8. The molecule has 6 nitrogen and oxygen atoms in total. The molecule has 0 fully saturated rings. The average molecular weight is 386 g/mol. The molecular weight excluding hydrogens is 364 g/mol. The molecule has 1 amide bonds. The highest BCUT2D eigenvalue weighted by Crippen LogP contribution is 2.33. The Balaban J connectivity index is 2.15. The Morgan fingerprint density at radius 2 is 1.74 bits per heavy atom. The lowest BCUT2D eigenvalue weighted by Crippen LogP contribution is -2.19. The zero-order chi connectivity index (χ0) is 19.4. The van der Waals surface area contributed by atoms with Crippen LogP contribution in [-0.2, 0) is 11.3 Å². The van der Waals surface area contributed by atoms with Gasteiger partial charge in [0.1, 0.15) is 0 Å². The van der Waals surface area contributed by atoms with Crippen LogP contribution in [-0.4, -0.2) is 38.4 Å². The normalized spacial score (nSPS) is 11.8. The van der Waals surface area contributed by atoms with E-state index in [-0.39, 0.29) is 5.91 Å². The number of thiazole rings is 1. The first kappa shape index (κ1) is 19.1. The van der Waals surface area contributed by atoms with Crippen LogP contribution in [0.1, 0.15) is 15.9 Å². The molecule has 7 heteroatoms. The van der Waals surface area contributed by atoms with Crippen LogP contribution in [0.2, 0.25) is 0 Å². The number of rotatable bonds is 6. The highest BCUT2D eigenvalue weighted by Gasteiger charge is 2.13. The SMILES string of the molecule is COCCn1c(=NC(=O)c2ccc(C)cc2)sc2cc(OC)c(OC)cc21. The third-order valence-electron chi connectivity index (χ3n) is 4.20. The maximum Gasteiger partial charge on any atom is 0.279 e. The van der Waals surface area contributed by atoms with Crippen molar-refractivity contribution in [2.75, 3.05) is 27.9 Å². The molecule has 0 atom stereocenters. The highest BCUT2D eigenvalue weighted by molar-refractivity contribution is 7.16. The number of aryl methyl sites for hydroxylation is 1. The number of hydrogen-bond acceptors (Lipinski definition) is 5. The summed E-state index contributed by atoms with van der Waals surface area (Å²) in [5, 5.41) is 0. The first-order valence-corrected chi connectivity index (χ1v) is 9.29. The number of aromatic nitrogens is 1. The van der Waals surface area contributed by atoms with Crippen LogP contribution in [0.4, 0.5) is 0 Å². The van der Waals surface area contributed by atoms with E-state index in [9.17, 15) is 4.79 Å². The standard InChI is InChI=1S/C20H22N2O4S/c1-13-5-7-14(8-6-13)19(23)21-20-22(9-10-24-2)15-11-16(25-3)17(26-4)12-18(15)27-20/h5-8,11-12H,9-10H2,1-4H3. The summed E-state index contributed by atoms with van der Waals surface area (Å²) in [5.74, 6) is 0.999. The molecule has 0 radical (unpaired) electrons. The molecule has 142 valence electrons. The maximum absolute atomic E-state index is 12.6. The number of hydrogen-bond donors (Lipinski definition) is 0. The Labute approximate surface area is 161 Å². The summed E-state index contributed by atoms with van der Waals surface area (Å²) in [6.45, 7) is 3.06. The molecule has 1 heterocycles. The van der Waals surface area contributed by atoms with E-state index in [2.05, 4.69) is 4.99 Å². The molecule has 0 saturated heterocycles. The van der Waals surface area contributed by atoms with Gasteiger partial charge in [0, 0.05) is 31.4 Å². The molecule has 27 heavy (non-hydrogen) atoms. The van der Waals surface area contributed by atoms with Crippen molar-refractivity contribution in [1.29, 1.82) is 0 Å². The van der Waals surface area contributed by atoms with E-state index in [0.29, 0.717) is 35.0 Å². The van der Waals surface area contributed by atoms with Crippen LogP contribution >= 0.6 is 11.3 Å². The minimum Gasteiger partial charge on any atom is -0.493 e. The molecule has 0 spiro atoms. The van der Waals surface area contributed by atoms with Crippen molar-refractivity contribution >= 4 is 27.5 Å². The lowest BCUT2D eigenvalue weighted by molar-refractivity contribution is 0.0997. The predicted molar refractivity (Wildman–Crippen MR) is 106 cm³/mol. The van der Waals surface area contributed by atoms with Gasteiger partial charge in [0.25, 0.3) is 5.91 Å². The quantitative estimate of drug-likeness (QED) is 0.651. The molecule has 1 aromatic heterocycles. The number of carbonyl (C=O) groups excluding carboxylic acids is 1.